The summed E-state index contributed by atoms with van der Waals surface area (Å²) in [4.78, 5) is 37.0. The Morgan fingerprint density at radius 1 is 0.917 bits per heavy atom. The maximum absolute atomic E-state index is 13.4. The highest BCUT2D eigenvalue weighted by atomic mass is 19.1. The first-order chi connectivity index (χ1) is 16.8. The van der Waals surface area contributed by atoms with E-state index in [2.05, 4.69) is 15.4 Å². The van der Waals surface area contributed by atoms with E-state index in [0.29, 0.717) is 33.4 Å². The second-order valence-electron chi connectivity index (χ2n) is 7.90. The molecule has 4 aromatic rings. The number of rotatable bonds is 6. The van der Waals surface area contributed by atoms with Gasteiger partial charge in [-0.25, -0.2) is 9.18 Å². The van der Waals surface area contributed by atoms with Gasteiger partial charge in [0, 0.05) is 23.6 Å². The predicted molar refractivity (Wildman–Crippen MR) is 136 cm³/mol. The monoisotopic (exact) mass is 490 g/mol. The summed E-state index contributed by atoms with van der Waals surface area (Å²) in [6.45, 7) is 1.54. The van der Waals surface area contributed by atoms with E-state index in [1.165, 1.54) is 26.3 Å². The third-order valence-corrected chi connectivity index (χ3v) is 5.61. The highest BCUT2D eigenvalue weighted by molar-refractivity contribution is 6.12. The number of furan rings is 1. The molecule has 1 aromatic heterocycles. The SMILES string of the molecule is C.CNC(=O)c1c(-c2ccc(F)cc2)oc2ccc(-c3cccc(C(=O)N[C@@H](C)C(=O)OC)c3)cc12. The summed E-state index contributed by atoms with van der Waals surface area (Å²) >= 11 is 0. The van der Waals surface area contributed by atoms with Crippen LogP contribution >= 0.6 is 0 Å². The van der Waals surface area contributed by atoms with Gasteiger partial charge >= 0.3 is 5.97 Å². The summed E-state index contributed by atoms with van der Waals surface area (Å²) in [6, 6.07) is 17.2. The van der Waals surface area contributed by atoms with Crippen LogP contribution in [0.4, 0.5) is 4.39 Å². The predicted octanol–water partition coefficient (Wildman–Crippen LogP) is 5.19. The largest absolute Gasteiger partial charge is 0.467 e. The lowest BCUT2D eigenvalue weighted by Crippen LogP contribution is -2.39. The van der Waals surface area contributed by atoms with Crippen molar-refractivity contribution < 1.29 is 27.9 Å². The first-order valence-electron chi connectivity index (χ1n) is 10.9. The second-order valence-corrected chi connectivity index (χ2v) is 7.90. The number of esters is 1. The number of amides is 2. The molecule has 0 saturated carbocycles. The normalized spacial score (nSPS) is 11.3. The maximum atomic E-state index is 13.4. The third-order valence-electron chi connectivity index (χ3n) is 5.61. The van der Waals surface area contributed by atoms with Crippen LogP contribution in [0.1, 0.15) is 35.1 Å². The Morgan fingerprint density at radius 2 is 1.58 bits per heavy atom. The zero-order valence-electron chi connectivity index (χ0n) is 19.3. The Bertz CT molecular complexity index is 1430. The van der Waals surface area contributed by atoms with Gasteiger partial charge in [0.25, 0.3) is 11.8 Å². The summed E-state index contributed by atoms with van der Waals surface area (Å²) in [7, 11) is 2.78. The molecule has 2 N–H and O–H groups in total. The third kappa shape index (κ3) is 5.12. The lowest BCUT2D eigenvalue weighted by Gasteiger charge is -2.12. The lowest BCUT2D eigenvalue weighted by molar-refractivity contribution is -0.142. The van der Waals surface area contributed by atoms with Crippen molar-refractivity contribution in [3.63, 3.8) is 0 Å². The van der Waals surface area contributed by atoms with Crippen molar-refractivity contribution in [2.45, 2.75) is 20.4 Å². The summed E-state index contributed by atoms with van der Waals surface area (Å²) in [5.41, 5.74) is 3.25. The Balaban J connectivity index is 0.00000361. The van der Waals surface area contributed by atoms with Gasteiger partial charge < -0.3 is 19.8 Å². The molecule has 0 radical (unpaired) electrons. The maximum Gasteiger partial charge on any atom is 0.328 e. The molecule has 7 nitrogen and oxygen atoms in total. The van der Waals surface area contributed by atoms with Crippen LogP contribution in [0, 0.1) is 5.82 Å². The molecule has 186 valence electrons. The zero-order chi connectivity index (χ0) is 25.1. The van der Waals surface area contributed by atoms with E-state index < -0.39 is 23.7 Å². The molecule has 8 heteroatoms. The summed E-state index contributed by atoms with van der Waals surface area (Å²) in [5, 5.41) is 5.82. The van der Waals surface area contributed by atoms with Gasteiger partial charge in [-0.15, -0.1) is 0 Å². The van der Waals surface area contributed by atoms with Crippen molar-refractivity contribution >= 4 is 28.8 Å². The first kappa shape index (κ1) is 26.2. The number of halogens is 1. The van der Waals surface area contributed by atoms with Crippen molar-refractivity contribution in [2.24, 2.45) is 0 Å². The number of carbonyl (C=O) groups is 3. The quantitative estimate of drug-likeness (QED) is 0.363. The first-order valence-corrected chi connectivity index (χ1v) is 10.9. The van der Waals surface area contributed by atoms with Crippen LogP contribution in [-0.2, 0) is 9.53 Å². The lowest BCUT2D eigenvalue weighted by atomic mass is 9.99. The van der Waals surface area contributed by atoms with Crippen LogP contribution in [0.15, 0.2) is 71.1 Å². The molecule has 4 rings (SSSR count). The van der Waals surface area contributed by atoms with Gasteiger partial charge in [0.15, 0.2) is 0 Å². The molecule has 0 aliphatic carbocycles. The van der Waals surface area contributed by atoms with Gasteiger partial charge in [0.2, 0.25) is 0 Å². The number of fused-ring (bicyclic) bond motifs is 1. The van der Waals surface area contributed by atoms with Crippen LogP contribution in [0.3, 0.4) is 0 Å². The summed E-state index contributed by atoms with van der Waals surface area (Å²) < 4.78 is 24.1. The zero-order valence-corrected chi connectivity index (χ0v) is 19.3. The molecule has 3 aromatic carbocycles. The molecule has 0 aliphatic heterocycles. The van der Waals surface area contributed by atoms with E-state index in [-0.39, 0.29) is 13.3 Å². The van der Waals surface area contributed by atoms with Crippen molar-refractivity contribution in [1.29, 1.82) is 0 Å². The van der Waals surface area contributed by atoms with Crippen molar-refractivity contribution in [1.82, 2.24) is 10.6 Å². The van der Waals surface area contributed by atoms with Crippen LogP contribution in [-0.4, -0.2) is 38.0 Å². The van der Waals surface area contributed by atoms with Crippen molar-refractivity contribution in [2.75, 3.05) is 14.2 Å². The molecule has 0 bridgehead atoms. The van der Waals surface area contributed by atoms with E-state index in [0.717, 1.165) is 11.1 Å². The fourth-order valence-corrected chi connectivity index (χ4v) is 3.79. The van der Waals surface area contributed by atoms with Gasteiger partial charge in [-0.1, -0.05) is 25.6 Å². The van der Waals surface area contributed by atoms with Crippen molar-refractivity contribution in [3.8, 4) is 22.5 Å². The number of nitrogens with one attached hydrogen (secondary N) is 2. The van der Waals surface area contributed by atoms with E-state index >= 15 is 0 Å². The van der Waals surface area contributed by atoms with Gasteiger partial charge in [0.1, 0.15) is 23.2 Å². The molecule has 0 spiro atoms. The van der Waals surface area contributed by atoms with Crippen LogP contribution in [0.5, 0.6) is 0 Å². The van der Waals surface area contributed by atoms with E-state index in [1.54, 1.807) is 43.3 Å². The number of carbonyl (C=O) groups excluding carboxylic acids is 3. The van der Waals surface area contributed by atoms with Crippen LogP contribution < -0.4 is 10.6 Å². The Hall–Kier alpha value is -4.46. The van der Waals surface area contributed by atoms with Crippen molar-refractivity contribution in [3.05, 3.63) is 83.7 Å². The topological polar surface area (TPSA) is 97.6 Å². The van der Waals surface area contributed by atoms with Gasteiger partial charge in [-0.3, -0.25) is 9.59 Å². The molecule has 0 saturated heterocycles. The molecular formula is C28H27FN2O5. The van der Waals surface area contributed by atoms with E-state index in [4.69, 9.17) is 4.42 Å². The molecule has 2 amide bonds. The number of hydrogen-bond acceptors (Lipinski definition) is 5. The van der Waals surface area contributed by atoms with E-state index in [1.807, 2.05) is 18.2 Å². The Labute approximate surface area is 208 Å². The second kappa shape index (κ2) is 10.9. The highest BCUT2D eigenvalue weighted by Crippen LogP contribution is 2.36. The van der Waals surface area contributed by atoms with Gasteiger partial charge in [0.05, 0.1) is 12.7 Å². The molecule has 1 atom stereocenters. The fourth-order valence-electron chi connectivity index (χ4n) is 3.79. The summed E-state index contributed by atoms with van der Waals surface area (Å²) in [5.74, 6) is -1.36. The molecule has 1 heterocycles. The molecule has 0 aliphatic rings. The minimum absolute atomic E-state index is 0. The number of benzene rings is 3. The average Bonchev–Trinajstić information content (AvgIpc) is 3.26. The smallest absolute Gasteiger partial charge is 0.328 e. The Morgan fingerprint density at radius 3 is 2.25 bits per heavy atom. The summed E-state index contributed by atoms with van der Waals surface area (Å²) in [6.07, 6.45) is 0. The molecular weight excluding hydrogens is 463 g/mol. The minimum Gasteiger partial charge on any atom is -0.467 e. The molecule has 0 fully saturated rings. The Kier molecular flexibility index (Phi) is 7.89. The molecule has 0 unspecified atom stereocenters. The molecule has 36 heavy (non-hydrogen) atoms. The fraction of sp³-hybridized carbons (Fsp3) is 0.179. The number of methoxy groups -OCH3 is 1. The van der Waals surface area contributed by atoms with Crippen LogP contribution in [0.2, 0.25) is 0 Å². The van der Waals surface area contributed by atoms with E-state index in [9.17, 15) is 18.8 Å². The van der Waals surface area contributed by atoms with Gasteiger partial charge in [-0.2, -0.15) is 0 Å². The number of ether oxygens (including phenoxy) is 1. The van der Waals surface area contributed by atoms with Gasteiger partial charge in [-0.05, 0) is 66.6 Å². The average molecular weight is 491 g/mol. The highest BCUT2D eigenvalue weighted by Gasteiger charge is 2.22. The standard InChI is InChI=1S/C27H23FN2O5.CH4/c1-15(27(33)34-3)30-25(31)19-6-4-5-17(13-19)18-9-12-22-21(14-18)23(26(32)29-2)24(35-22)16-7-10-20(28)11-8-16;/h4-15H,1-3H3,(H,29,32)(H,30,31);1H4/t15-;/m0./s1. The number of hydrogen-bond donors (Lipinski definition) is 2. The minimum atomic E-state index is -0.793. The van der Waals surface area contributed by atoms with Crippen LogP contribution in [0.25, 0.3) is 33.4 Å².